The minimum absolute atomic E-state index is 0.0217. The van der Waals surface area contributed by atoms with Crippen molar-refractivity contribution in [2.45, 2.75) is 32.2 Å². The average molecular weight is 356 g/mol. The third-order valence-corrected chi connectivity index (χ3v) is 4.59. The maximum atomic E-state index is 12.2. The van der Waals surface area contributed by atoms with Crippen LogP contribution in [0.1, 0.15) is 32.2 Å². The SMILES string of the molecule is CC(C(=O)Nc1ccc(NC(=O)CCC2CCNC2)cc1)n1cncn1. The molecule has 0 spiro atoms. The molecular weight excluding hydrogens is 332 g/mol. The molecule has 1 fully saturated rings. The molecule has 2 heterocycles. The summed E-state index contributed by atoms with van der Waals surface area (Å²) in [5.74, 6) is 0.441. The Hall–Kier alpha value is -2.74. The first-order valence-electron chi connectivity index (χ1n) is 8.87. The Morgan fingerprint density at radius 1 is 1.27 bits per heavy atom. The molecule has 1 aliphatic rings. The second-order valence-electron chi connectivity index (χ2n) is 6.56. The largest absolute Gasteiger partial charge is 0.326 e. The fourth-order valence-corrected chi connectivity index (χ4v) is 2.94. The zero-order chi connectivity index (χ0) is 18.4. The molecular formula is C18H24N6O2. The molecule has 2 unspecified atom stereocenters. The van der Waals surface area contributed by atoms with Gasteiger partial charge in [0.15, 0.2) is 0 Å². The quantitative estimate of drug-likeness (QED) is 0.702. The second kappa shape index (κ2) is 8.57. The molecule has 3 rings (SSSR count). The Bertz CT molecular complexity index is 723. The fourth-order valence-electron chi connectivity index (χ4n) is 2.94. The van der Waals surface area contributed by atoms with Crippen LogP contribution in [0.2, 0.25) is 0 Å². The Labute approximate surface area is 152 Å². The zero-order valence-corrected chi connectivity index (χ0v) is 14.8. The van der Waals surface area contributed by atoms with Crippen LogP contribution in [0.15, 0.2) is 36.9 Å². The summed E-state index contributed by atoms with van der Waals surface area (Å²) < 4.78 is 1.49. The molecule has 8 heteroatoms. The Morgan fingerprint density at radius 2 is 2.00 bits per heavy atom. The van der Waals surface area contributed by atoms with Crippen LogP contribution >= 0.6 is 0 Å². The van der Waals surface area contributed by atoms with Gasteiger partial charge in [-0.05, 0) is 63.0 Å². The predicted octanol–water partition coefficient (Wildman–Crippen LogP) is 1.81. The fraction of sp³-hybridized carbons (Fsp3) is 0.444. The van der Waals surface area contributed by atoms with Crippen molar-refractivity contribution < 1.29 is 9.59 Å². The van der Waals surface area contributed by atoms with E-state index in [0.717, 1.165) is 31.6 Å². The van der Waals surface area contributed by atoms with Crippen LogP contribution < -0.4 is 16.0 Å². The van der Waals surface area contributed by atoms with Gasteiger partial charge >= 0.3 is 0 Å². The van der Waals surface area contributed by atoms with Gasteiger partial charge in [-0.15, -0.1) is 0 Å². The van der Waals surface area contributed by atoms with Crippen molar-refractivity contribution in [1.82, 2.24) is 20.1 Å². The number of rotatable bonds is 7. The number of aromatic nitrogens is 3. The third-order valence-electron chi connectivity index (χ3n) is 4.59. The van der Waals surface area contributed by atoms with E-state index >= 15 is 0 Å². The maximum absolute atomic E-state index is 12.2. The van der Waals surface area contributed by atoms with Crippen LogP contribution in [0.4, 0.5) is 11.4 Å². The molecule has 8 nitrogen and oxygen atoms in total. The first-order valence-corrected chi connectivity index (χ1v) is 8.87. The van der Waals surface area contributed by atoms with E-state index in [9.17, 15) is 9.59 Å². The van der Waals surface area contributed by atoms with Crippen molar-refractivity contribution in [1.29, 1.82) is 0 Å². The van der Waals surface area contributed by atoms with Gasteiger partial charge in [0, 0.05) is 17.8 Å². The topological polar surface area (TPSA) is 101 Å². The number of nitrogens with one attached hydrogen (secondary N) is 3. The summed E-state index contributed by atoms with van der Waals surface area (Å²) in [5, 5.41) is 13.0. The molecule has 1 aliphatic heterocycles. The number of nitrogens with zero attached hydrogens (tertiary/aromatic N) is 3. The number of hydrogen-bond donors (Lipinski definition) is 3. The van der Waals surface area contributed by atoms with Crippen molar-refractivity contribution in [3.05, 3.63) is 36.9 Å². The number of anilines is 2. The van der Waals surface area contributed by atoms with Gasteiger partial charge in [0.2, 0.25) is 11.8 Å². The molecule has 1 aromatic heterocycles. The molecule has 0 bridgehead atoms. The van der Waals surface area contributed by atoms with E-state index in [1.807, 2.05) is 0 Å². The lowest BCUT2D eigenvalue weighted by atomic mass is 10.0. The highest BCUT2D eigenvalue weighted by molar-refractivity contribution is 5.94. The smallest absolute Gasteiger partial charge is 0.249 e. The maximum Gasteiger partial charge on any atom is 0.249 e. The molecule has 2 amide bonds. The molecule has 138 valence electrons. The molecule has 0 radical (unpaired) electrons. The van der Waals surface area contributed by atoms with Gasteiger partial charge in [-0.25, -0.2) is 9.67 Å². The Balaban J connectivity index is 1.46. The number of benzene rings is 1. The number of carbonyl (C=O) groups excluding carboxylic acids is 2. The highest BCUT2D eigenvalue weighted by Crippen LogP contribution is 2.17. The first kappa shape index (κ1) is 18.1. The van der Waals surface area contributed by atoms with Crippen LogP contribution in [-0.4, -0.2) is 39.7 Å². The van der Waals surface area contributed by atoms with Crippen LogP contribution in [0.5, 0.6) is 0 Å². The summed E-state index contributed by atoms with van der Waals surface area (Å²) in [6.07, 6.45) is 5.48. The van der Waals surface area contributed by atoms with E-state index in [-0.39, 0.29) is 11.8 Å². The summed E-state index contributed by atoms with van der Waals surface area (Å²) in [5.41, 5.74) is 1.39. The van der Waals surface area contributed by atoms with E-state index < -0.39 is 6.04 Å². The molecule has 3 N–H and O–H groups in total. The lowest BCUT2D eigenvalue weighted by Crippen LogP contribution is -2.24. The zero-order valence-electron chi connectivity index (χ0n) is 14.8. The molecule has 1 saturated heterocycles. The third kappa shape index (κ3) is 4.89. The molecule has 1 aromatic carbocycles. The van der Waals surface area contributed by atoms with E-state index in [4.69, 9.17) is 0 Å². The molecule has 0 aliphatic carbocycles. The van der Waals surface area contributed by atoms with Crippen LogP contribution in [-0.2, 0) is 9.59 Å². The van der Waals surface area contributed by atoms with E-state index in [0.29, 0.717) is 18.0 Å². The highest BCUT2D eigenvalue weighted by Gasteiger charge is 2.16. The van der Waals surface area contributed by atoms with Gasteiger partial charge in [-0.3, -0.25) is 9.59 Å². The van der Waals surface area contributed by atoms with Gasteiger partial charge in [0.05, 0.1) is 0 Å². The van der Waals surface area contributed by atoms with Gasteiger partial charge in [0.1, 0.15) is 18.7 Å². The van der Waals surface area contributed by atoms with Crippen molar-refractivity contribution in [2.75, 3.05) is 23.7 Å². The summed E-state index contributed by atoms with van der Waals surface area (Å²) in [4.78, 5) is 28.1. The van der Waals surface area contributed by atoms with Crippen LogP contribution in [0, 0.1) is 5.92 Å². The van der Waals surface area contributed by atoms with E-state index in [2.05, 4.69) is 26.0 Å². The van der Waals surface area contributed by atoms with E-state index in [1.165, 1.54) is 17.3 Å². The molecule has 2 atom stereocenters. The minimum Gasteiger partial charge on any atom is -0.326 e. The molecule has 2 aromatic rings. The monoisotopic (exact) mass is 356 g/mol. The van der Waals surface area contributed by atoms with Gasteiger partial charge in [-0.1, -0.05) is 0 Å². The molecule has 0 saturated carbocycles. The lowest BCUT2D eigenvalue weighted by Gasteiger charge is -2.13. The summed E-state index contributed by atoms with van der Waals surface area (Å²) in [6.45, 7) is 3.81. The number of hydrogen-bond acceptors (Lipinski definition) is 5. The van der Waals surface area contributed by atoms with Crippen molar-refractivity contribution in [3.8, 4) is 0 Å². The number of carbonyl (C=O) groups is 2. The number of amides is 2. The van der Waals surface area contributed by atoms with Gasteiger partial charge in [-0.2, -0.15) is 5.10 Å². The minimum atomic E-state index is -0.457. The van der Waals surface area contributed by atoms with Gasteiger partial charge in [0.25, 0.3) is 0 Å². The Morgan fingerprint density at radius 3 is 2.62 bits per heavy atom. The van der Waals surface area contributed by atoms with Crippen LogP contribution in [0.3, 0.4) is 0 Å². The summed E-state index contributed by atoms with van der Waals surface area (Å²) >= 11 is 0. The average Bonchev–Trinajstić information content (AvgIpc) is 3.35. The van der Waals surface area contributed by atoms with E-state index in [1.54, 1.807) is 31.2 Å². The Kier molecular flexibility index (Phi) is 5.96. The van der Waals surface area contributed by atoms with Crippen molar-refractivity contribution >= 4 is 23.2 Å². The second-order valence-corrected chi connectivity index (χ2v) is 6.56. The van der Waals surface area contributed by atoms with Crippen LogP contribution in [0.25, 0.3) is 0 Å². The highest BCUT2D eigenvalue weighted by atomic mass is 16.2. The summed E-state index contributed by atoms with van der Waals surface area (Å²) in [6, 6.07) is 6.64. The summed E-state index contributed by atoms with van der Waals surface area (Å²) in [7, 11) is 0. The standard InChI is InChI=1S/C18H24N6O2/c1-13(24-12-20-11-21-24)18(26)23-16-5-3-15(4-6-16)22-17(25)7-2-14-8-9-19-10-14/h3-6,11-14,19H,2,7-10H2,1H3,(H,22,25)(H,23,26). The normalized spacial score (nSPS) is 17.7. The van der Waals surface area contributed by atoms with Gasteiger partial charge < -0.3 is 16.0 Å². The molecule has 26 heavy (non-hydrogen) atoms. The van der Waals surface area contributed by atoms with Crippen molar-refractivity contribution in [3.63, 3.8) is 0 Å². The first-order chi connectivity index (χ1) is 12.6. The lowest BCUT2D eigenvalue weighted by molar-refractivity contribution is -0.119. The van der Waals surface area contributed by atoms with Crippen molar-refractivity contribution in [2.24, 2.45) is 5.92 Å². The predicted molar refractivity (Wildman–Crippen MR) is 98.6 cm³/mol.